The van der Waals surface area contributed by atoms with Crippen LogP contribution in [-0.2, 0) is 0 Å². The molecule has 1 nitrogen and oxygen atoms in total. The van der Waals surface area contributed by atoms with Crippen LogP contribution in [0, 0.1) is 19.8 Å². The molecule has 0 saturated heterocycles. The van der Waals surface area contributed by atoms with Crippen molar-refractivity contribution < 1.29 is 0 Å². The molecule has 0 aliphatic carbocycles. The van der Waals surface area contributed by atoms with E-state index in [1.54, 1.807) is 5.56 Å². The van der Waals surface area contributed by atoms with Gasteiger partial charge in [0.15, 0.2) is 0 Å². The maximum atomic E-state index is 3.77. The lowest BCUT2D eigenvalue weighted by molar-refractivity contribution is 0.346. The summed E-state index contributed by atoms with van der Waals surface area (Å²) < 4.78 is 0. The molecule has 1 heterocycles. The Morgan fingerprint density at radius 1 is 1.11 bits per heavy atom. The molecule has 0 bridgehead atoms. The van der Waals surface area contributed by atoms with Gasteiger partial charge in [0, 0.05) is 22.2 Å². The summed E-state index contributed by atoms with van der Waals surface area (Å²) in [4.78, 5) is 1.51. The zero-order valence-electron chi connectivity index (χ0n) is 12.4. The summed E-state index contributed by atoms with van der Waals surface area (Å²) in [5.41, 5.74) is 4.40. The number of hydrogen-bond donors (Lipinski definition) is 1. The van der Waals surface area contributed by atoms with E-state index in [4.69, 9.17) is 0 Å². The fraction of sp³-hybridized carbons (Fsp3) is 0.625. The molecule has 0 aromatic heterocycles. The average molecular weight is 263 g/mol. The van der Waals surface area contributed by atoms with Crippen molar-refractivity contribution in [3.63, 3.8) is 0 Å². The summed E-state index contributed by atoms with van der Waals surface area (Å²) in [7, 11) is 0. The van der Waals surface area contributed by atoms with Gasteiger partial charge in [-0.3, -0.25) is 0 Å². The van der Waals surface area contributed by atoms with Crippen molar-refractivity contribution in [1.82, 2.24) is 5.32 Å². The Labute approximate surface area is 116 Å². The van der Waals surface area contributed by atoms with Crippen LogP contribution < -0.4 is 5.32 Å². The Morgan fingerprint density at radius 2 is 1.72 bits per heavy atom. The maximum absolute atomic E-state index is 3.77. The van der Waals surface area contributed by atoms with Crippen LogP contribution in [0.25, 0.3) is 0 Å². The average Bonchev–Trinajstić information content (AvgIpc) is 2.29. The van der Waals surface area contributed by atoms with Crippen LogP contribution in [0.5, 0.6) is 0 Å². The molecule has 18 heavy (non-hydrogen) atoms. The third-order valence-corrected chi connectivity index (χ3v) is 5.58. The van der Waals surface area contributed by atoms with E-state index in [0.29, 0.717) is 23.3 Å². The second-order valence-electron chi connectivity index (χ2n) is 5.92. The van der Waals surface area contributed by atoms with Gasteiger partial charge in [-0.15, -0.1) is 11.8 Å². The van der Waals surface area contributed by atoms with E-state index in [-0.39, 0.29) is 0 Å². The number of benzene rings is 1. The van der Waals surface area contributed by atoms with Gasteiger partial charge in [-0.05, 0) is 36.5 Å². The second-order valence-corrected chi connectivity index (χ2v) is 7.31. The van der Waals surface area contributed by atoms with Crippen LogP contribution in [0.4, 0.5) is 0 Å². The van der Waals surface area contributed by atoms with Gasteiger partial charge in [-0.1, -0.05) is 39.8 Å². The van der Waals surface area contributed by atoms with E-state index in [0.717, 1.165) is 0 Å². The van der Waals surface area contributed by atoms with Gasteiger partial charge in [-0.2, -0.15) is 0 Å². The Bertz CT molecular complexity index is 439. The van der Waals surface area contributed by atoms with Gasteiger partial charge < -0.3 is 5.32 Å². The summed E-state index contributed by atoms with van der Waals surface area (Å²) in [6, 6.07) is 5.56. The number of nitrogens with one attached hydrogen (secondary N) is 1. The number of fused-ring (bicyclic) bond motifs is 1. The van der Waals surface area contributed by atoms with Crippen molar-refractivity contribution in [3.8, 4) is 0 Å². The Kier molecular flexibility index (Phi) is 4.08. The molecule has 3 atom stereocenters. The predicted molar refractivity (Wildman–Crippen MR) is 81.4 cm³/mol. The topological polar surface area (TPSA) is 12.0 Å². The fourth-order valence-electron chi connectivity index (χ4n) is 2.77. The molecule has 2 rings (SSSR count). The Hall–Kier alpha value is -0.470. The van der Waals surface area contributed by atoms with E-state index in [9.17, 15) is 0 Å². The maximum Gasteiger partial charge on any atom is 0.0372 e. The standard InChI is InChI=1S/C16H25NS/c1-9(2)17-15-12(5)13(6)18-16-11(4)8-7-10(3)14(15)16/h7-9,12-13,15,17H,1-6H3. The molecule has 0 spiro atoms. The molecule has 2 heteroatoms. The van der Waals surface area contributed by atoms with Gasteiger partial charge in [0.25, 0.3) is 0 Å². The Balaban J connectivity index is 2.51. The number of aryl methyl sites for hydroxylation is 2. The first-order chi connectivity index (χ1) is 8.41. The molecular formula is C16H25NS. The molecule has 1 aromatic carbocycles. The predicted octanol–water partition coefficient (Wildman–Crippen LogP) is 4.47. The first kappa shape index (κ1) is 14.0. The lowest BCUT2D eigenvalue weighted by Crippen LogP contribution is -2.38. The highest BCUT2D eigenvalue weighted by molar-refractivity contribution is 8.00. The van der Waals surface area contributed by atoms with E-state index >= 15 is 0 Å². The lowest BCUT2D eigenvalue weighted by atomic mass is 9.87. The van der Waals surface area contributed by atoms with E-state index < -0.39 is 0 Å². The molecule has 0 amide bonds. The molecule has 0 fully saturated rings. The highest BCUT2D eigenvalue weighted by Gasteiger charge is 2.34. The molecule has 100 valence electrons. The van der Waals surface area contributed by atoms with E-state index in [2.05, 4.69) is 70.8 Å². The van der Waals surface area contributed by atoms with Crippen LogP contribution in [0.1, 0.15) is 50.4 Å². The smallest absolute Gasteiger partial charge is 0.0372 e. The highest BCUT2D eigenvalue weighted by Crippen LogP contribution is 2.46. The Morgan fingerprint density at radius 3 is 2.33 bits per heavy atom. The lowest BCUT2D eigenvalue weighted by Gasteiger charge is -2.39. The molecule has 0 saturated carbocycles. The SMILES string of the molecule is Cc1ccc(C)c2c1SC(C)C(C)C2NC(C)C. The number of rotatable bonds is 2. The normalized spacial score (nSPS) is 27.4. The number of thioether (sulfide) groups is 1. The largest absolute Gasteiger partial charge is 0.307 e. The monoisotopic (exact) mass is 263 g/mol. The summed E-state index contributed by atoms with van der Waals surface area (Å²) >= 11 is 2.05. The minimum atomic E-state index is 0.496. The van der Waals surface area contributed by atoms with E-state index in [1.165, 1.54) is 16.0 Å². The summed E-state index contributed by atoms with van der Waals surface area (Å²) in [5.74, 6) is 0.672. The molecule has 0 radical (unpaired) electrons. The minimum Gasteiger partial charge on any atom is -0.307 e. The summed E-state index contributed by atoms with van der Waals surface area (Å²) in [5, 5.41) is 4.45. The quantitative estimate of drug-likeness (QED) is 0.844. The van der Waals surface area contributed by atoms with Crippen LogP contribution in [0.2, 0.25) is 0 Å². The molecule has 1 aromatic rings. The third-order valence-electron chi connectivity index (χ3n) is 4.00. The molecule has 1 aliphatic heterocycles. The minimum absolute atomic E-state index is 0.496. The van der Waals surface area contributed by atoms with Crippen LogP contribution in [0.3, 0.4) is 0 Å². The van der Waals surface area contributed by atoms with Crippen molar-refractivity contribution in [1.29, 1.82) is 0 Å². The summed E-state index contributed by atoms with van der Waals surface area (Å²) in [6.07, 6.45) is 0. The van der Waals surface area contributed by atoms with Crippen LogP contribution in [-0.4, -0.2) is 11.3 Å². The highest BCUT2D eigenvalue weighted by atomic mass is 32.2. The van der Waals surface area contributed by atoms with Gasteiger partial charge >= 0.3 is 0 Å². The number of hydrogen-bond acceptors (Lipinski definition) is 2. The van der Waals surface area contributed by atoms with Gasteiger partial charge in [-0.25, -0.2) is 0 Å². The van der Waals surface area contributed by atoms with Crippen molar-refractivity contribution >= 4 is 11.8 Å². The molecule has 1 N–H and O–H groups in total. The van der Waals surface area contributed by atoms with Crippen LogP contribution >= 0.6 is 11.8 Å². The van der Waals surface area contributed by atoms with Crippen LogP contribution in [0.15, 0.2) is 17.0 Å². The van der Waals surface area contributed by atoms with Gasteiger partial charge in [0.05, 0.1) is 0 Å². The first-order valence-electron chi connectivity index (χ1n) is 6.94. The van der Waals surface area contributed by atoms with Gasteiger partial charge in [0.1, 0.15) is 0 Å². The zero-order valence-corrected chi connectivity index (χ0v) is 13.2. The molecule has 1 aliphatic rings. The van der Waals surface area contributed by atoms with Gasteiger partial charge in [0.2, 0.25) is 0 Å². The molecular weight excluding hydrogens is 238 g/mol. The second kappa shape index (κ2) is 5.26. The van der Waals surface area contributed by atoms with Crippen molar-refractivity contribution in [2.45, 2.75) is 63.8 Å². The van der Waals surface area contributed by atoms with E-state index in [1.807, 2.05) is 0 Å². The van der Waals surface area contributed by atoms with Crippen molar-refractivity contribution in [2.75, 3.05) is 0 Å². The summed E-state index contributed by atoms with van der Waals surface area (Å²) in [6.45, 7) is 13.7. The molecule has 3 unspecified atom stereocenters. The third kappa shape index (κ3) is 2.46. The van der Waals surface area contributed by atoms with Crippen molar-refractivity contribution in [3.05, 3.63) is 28.8 Å². The zero-order chi connectivity index (χ0) is 13.4. The fourth-order valence-corrected chi connectivity index (χ4v) is 4.18. The first-order valence-corrected chi connectivity index (χ1v) is 7.82. The van der Waals surface area contributed by atoms with Crippen molar-refractivity contribution in [2.24, 2.45) is 5.92 Å².